The average Bonchev–Trinajstić information content (AvgIpc) is 2.79. The van der Waals surface area contributed by atoms with E-state index in [1.807, 2.05) is 44.2 Å². The normalized spacial score (nSPS) is 10.3. The van der Waals surface area contributed by atoms with Crippen LogP contribution in [0.4, 0.5) is 0 Å². The number of amides is 1. The van der Waals surface area contributed by atoms with Gasteiger partial charge < -0.3 is 10.3 Å². The Balaban J connectivity index is 2.26. The van der Waals surface area contributed by atoms with Crippen molar-refractivity contribution in [2.75, 3.05) is 7.05 Å². The first-order chi connectivity index (χ1) is 9.51. The Hall–Kier alpha value is -2.36. The number of aryl methyl sites for hydroxylation is 2. The molecule has 20 heavy (non-hydrogen) atoms. The lowest BCUT2D eigenvalue weighted by Crippen LogP contribution is -2.20. The minimum absolute atomic E-state index is 0.0503. The number of ketones is 1. The Bertz CT molecular complexity index is 639. The van der Waals surface area contributed by atoms with Gasteiger partial charge in [-0.1, -0.05) is 29.8 Å². The van der Waals surface area contributed by atoms with Gasteiger partial charge in [0, 0.05) is 18.3 Å². The lowest BCUT2D eigenvalue weighted by atomic mass is 10.0. The molecule has 2 aromatic rings. The SMILES string of the molecule is CNC(=O)Cc1cc(C)c(C(=O)c2ccc(C)cc2)[nH]1. The Kier molecular flexibility index (Phi) is 4.03. The first-order valence-electron chi connectivity index (χ1n) is 6.51. The molecule has 0 saturated carbocycles. The number of hydrogen-bond donors (Lipinski definition) is 2. The van der Waals surface area contributed by atoms with Crippen molar-refractivity contribution in [3.05, 3.63) is 58.4 Å². The van der Waals surface area contributed by atoms with E-state index < -0.39 is 0 Å². The van der Waals surface area contributed by atoms with E-state index in [9.17, 15) is 9.59 Å². The second-order valence-electron chi connectivity index (χ2n) is 4.90. The van der Waals surface area contributed by atoms with Gasteiger partial charge >= 0.3 is 0 Å². The lowest BCUT2D eigenvalue weighted by molar-refractivity contribution is -0.120. The second-order valence-corrected chi connectivity index (χ2v) is 4.90. The highest BCUT2D eigenvalue weighted by Crippen LogP contribution is 2.16. The molecule has 0 bridgehead atoms. The van der Waals surface area contributed by atoms with Crippen molar-refractivity contribution in [1.82, 2.24) is 10.3 Å². The summed E-state index contributed by atoms with van der Waals surface area (Å²) in [7, 11) is 1.59. The molecule has 1 heterocycles. The summed E-state index contributed by atoms with van der Waals surface area (Å²) in [6.45, 7) is 3.85. The maximum Gasteiger partial charge on any atom is 0.225 e. The molecule has 0 aliphatic carbocycles. The van der Waals surface area contributed by atoms with Gasteiger partial charge in [0.05, 0.1) is 12.1 Å². The number of rotatable bonds is 4. The van der Waals surface area contributed by atoms with E-state index in [1.54, 1.807) is 7.05 Å². The molecule has 0 atom stereocenters. The highest BCUT2D eigenvalue weighted by Gasteiger charge is 2.15. The summed E-state index contributed by atoms with van der Waals surface area (Å²) < 4.78 is 0. The van der Waals surface area contributed by atoms with Crippen LogP contribution in [0.3, 0.4) is 0 Å². The van der Waals surface area contributed by atoms with Crippen molar-refractivity contribution >= 4 is 11.7 Å². The van der Waals surface area contributed by atoms with Gasteiger partial charge in [0.1, 0.15) is 0 Å². The summed E-state index contributed by atoms with van der Waals surface area (Å²) in [5.74, 6) is -0.133. The van der Waals surface area contributed by atoms with Gasteiger partial charge in [0.25, 0.3) is 0 Å². The maximum absolute atomic E-state index is 12.4. The molecule has 2 N–H and O–H groups in total. The van der Waals surface area contributed by atoms with Crippen LogP contribution in [-0.4, -0.2) is 23.7 Å². The van der Waals surface area contributed by atoms with Gasteiger partial charge in [0.2, 0.25) is 11.7 Å². The van der Waals surface area contributed by atoms with Gasteiger partial charge in [-0.05, 0) is 25.5 Å². The second kappa shape index (κ2) is 5.74. The largest absolute Gasteiger partial charge is 0.359 e. The van der Waals surface area contributed by atoms with E-state index in [2.05, 4.69) is 10.3 Å². The van der Waals surface area contributed by atoms with Crippen molar-refractivity contribution in [2.45, 2.75) is 20.3 Å². The molecular formula is C16H18N2O2. The van der Waals surface area contributed by atoms with Crippen LogP contribution in [0, 0.1) is 13.8 Å². The van der Waals surface area contributed by atoms with Crippen LogP contribution in [0.5, 0.6) is 0 Å². The number of H-pyrrole nitrogens is 1. The van der Waals surface area contributed by atoms with Gasteiger partial charge in [-0.3, -0.25) is 9.59 Å². The Labute approximate surface area is 118 Å². The zero-order valence-electron chi connectivity index (χ0n) is 11.9. The van der Waals surface area contributed by atoms with Crippen molar-refractivity contribution in [3.8, 4) is 0 Å². The average molecular weight is 270 g/mol. The molecule has 0 aliphatic rings. The minimum atomic E-state index is -0.0828. The molecule has 104 valence electrons. The Morgan fingerprint density at radius 1 is 1.15 bits per heavy atom. The number of aromatic nitrogens is 1. The number of likely N-dealkylation sites (N-methyl/N-ethyl adjacent to an activating group) is 1. The van der Waals surface area contributed by atoms with E-state index in [-0.39, 0.29) is 18.1 Å². The van der Waals surface area contributed by atoms with Crippen LogP contribution in [-0.2, 0) is 11.2 Å². The van der Waals surface area contributed by atoms with Crippen LogP contribution in [0.25, 0.3) is 0 Å². The van der Waals surface area contributed by atoms with E-state index in [0.717, 1.165) is 16.8 Å². The number of carbonyl (C=O) groups excluding carboxylic acids is 2. The monoisotopic (exact) mass is 270 g/mol. The summed E-state index contributed by atoms with van der Waals surface area (Å²) in [4.78, 5) is 26.8. The molecule has 1 amide bonds. The molecule has 1 aromatic heterocycles. The molecule has 0 fully saturated rings. The Morgan fingerprint density at radius 3 is 2.40 bits per heavy atom. The van der Waals surface area contributed by atoms with E-state index in [0.29, 0.717) is 11.3 Å². The summed E-state index contributed by atoms with van der Waals surface area (Å²) >= 11 is 0. The predicted octanol–water partition coefficient (Wildman–Crippen LogP) is 2.15. The minimum Gasteiger partial charge on any atom is -0.359 e. The zero-order valence-corrected chi connectivity index (χ0v) is 11.9. The molecular weight excluding hydrogens is 252 g/mol. The van der Waals surface area contributed by atoms with Crippen molar-refractivity contribution in [2.24, 2.45) is 0 Å². The van der Waals surface area contributed by atoms with E-state index in [4.69, 9.17) is 0 Å². The fourth-order valence-electron chi connectivity index (χ4n) is 2.07. The summed E-state index contributed by atoms with van der Waals surface area (Å²) in [6, 6.07) is 9.30. The third kappa shape index (κ3) is 2.96. The first-order valence-corrected chi connectivity index (χ1v) is 6.51. The predicted molar refractivity (Wildman–Crippen MR) is 77.9 cm³/mol. The van der Waals surface area contributed by atoms with Gasteiger partial charge in [-0.2, -0.15) is 0 Å². The summed E-state index contributed by atoms with van der Waals surface area (Å²) in [5, 5.41) is 2.57. The fraction of sp³-hybridized carbons (Fsp3) is 0.250. The third-order valence-electron chi connectivity index (χ3n) is 3.24. The maximum atomic E-state index is 12.4. The van der Waals surface area contributed by atoms with E-state index >= 15 is 0 Å². The topological polar surface area (TPSA) is 62.0 Å². The quantitative estimate of drug-likeness (QED) is 0.836. The lowest BCUT2D eigenvalue weighted by Gasteiger charge is -2.01. The Morgan fingerprint density at radius 2 is 1.80 bits per heavy atom. The molecule has 2 rings (SSSR count). The van der Waals surface area contributed by atoms with Crippen molar-refractivity contribution < 1.29 is 9.59 Å². The number of hydrogen-bond acceptors (Lipinski definition) is 2. The van der Waals surface area contributed by atoms with Crippen LogP contribution in [0.2, 0.25) is 0 Å². The van der Waals surface area contributed by atoms with Gasteiger partial charge in [0.15, 0.2) is 0 Å². The fourth-order valence-corrected chi connectivity index (χ4v) is 2.07. The molecule has 0 radical (unpaired) electrons. The first kappa shape index (κ1) is 14.1. The highest BCUT2D eigenvalue weighted by atomic mass is 16.1. The molecule has 4 heteroatoms. The number of aromatic amines is 1. The van der Waals surface area contributed by atoms with Crippen LogP contribution in [0.1, 0.15) is 32.9 Å². The van der Waals surface area contributed by atoms with E-state index in [1.165, 1.54) is 0 Å². The van der Waals surface area contributed by atoms with Crippen molar-refractivity contribution in [3.63, 3.8) is 0 Å². The standard InChI is InChI=1S/C16H18N2O2/c1-10-4-6-12(7-5-10)16(20)15-11(2)8-13(18-15)9-14(19)17-3/h4-8,18H,9H2,1-3H3,(H,17,19). The smallest absolute Gasteiger partial charge is 0.225 e. The highest BCUT2D eigenvalue weighted by molar-refractivity contribution is 6.08. The molecule has 0 saturated heterocycles. The molecule has 1 aromatic carbocycles. The summed E-state index contributed by atoms with van der Waals surface area (Å²) in [5.41, 5.74) is 3.91. The number of carbonyl (C=O) groups is 2. The van der Waals surface area contributed by atoms with Crippen molar-refractivity contribution in [1.29, 1.82) is 0 Å². The number of nitrogens with one attached hydrogen (secondary N) is 2. The third-order valence-corrected chi connectivity index (χ3v) is 3.24. The van der Waals surface area contributed by atoms with Crippen LogP contribution < -0.4 is 5.32 Å². The molecule has 0 spiro atoms. The number of benzene rings is 1. The van der Waals surface area contributed by atoms with Crippen LogP contribution >= 0.6 is 0 Å². The van der Waals surface area contributed by atoms with Crippen LogP contribution in [0.15, 0.2) is 30.3 Å². The molecule has 4 nitrogen and oxygen atoms in total. The molecule has 0 aliphatic heterocycles. The van der Waals surface area contributed by atoms with Gasteiger partial charge in [-0.25, -0.2) is 0 Å². The van der Waals surface area contributed by atoms with Gasteiger partial charge in [-0.15, -0.1) is 0 Å². The molecule has 0 unspecified atom stereocenters. The summed E-state index contributed by atoms with van der Waals surface area (Å²) in [6.07, 6.45) is 0.249. The zero-order chi connectivity index (χ0) is 14.7.